The minimum Gasteiger partial charge on any atom is -0.783 e. The van der Waals surface area contributed by atoms with Gasteiger partial charge in [0.2, 0.25) is 0 Å². The molecule has 0 spiro atoms. The van der Waals surface area contributed by atoms with Crippen LogP contribution in [0.15, 0.2) is 0 Å². The normalized spacial score (nSPS) is 5.09. The van der Waals surface area contributed by atoms with Crippen LogP contribution >= 0.6 is 0 Å². The second kappa shape index (κ2) is 22.5. The first-order chi connectivity index (χ1) is 4.83. The van der Waals surface area contributed by atoms with Crippen LogP contribution in [0.4, 0.5) is 0 Å². The van der Waals surface area contributed by atoms with Crippen molar-refractivity contribution >= 4 is 25.9 Å². The minimum atomic E-state index is 0. The van der Waals surface area contributed by atoms with Crippen LogP contribution < -0.4 is 51.4 Å². The van der Waals surface area contributed by atoms with Crippen LogP contribution in [0.2, 0.25) is 0 Å². The summed E-state index contributed by atoms with van der Waals surface area (Å²) in [6.07, 6.45) is 0. The Morgan fingerprint density at radius 1 is 0.636 bits per heavy atom. The SMILES string of the molecule is O=[C-]O[C-]=O.O=[C-]O[C-]=O.[K+]. The molecule has 11 heavy (non-hydrogen) atoms. The van der Waals surface area contributed by atoms with Gasteiger partial charge in [0.1, 0.15) is 0 Å². The van der Waals surface area contributed by atoms with Crippen LogP contribution in [0.1, 0.15) is 0 Å². The van der Waals surface area contributed by atoms with Crippen molar-refractivity contribution in [3.63, 3.8) is 0 Å². The first kappa shape index (κ1) is 17.1. The molecule has 7 heteroatoms. The topological polar surface area (TPSA) is 86.7 Å². The Hall–Kier alpha value is -0.0836. The van der Waals surface area contributed by atoms with E-state index in [4.69, 9.17) is 19.2 Å². The number of hydrogen-bond acceptors (Lipinski definition) is 6. The Morgan fingerprint density at radius 2 is 0.818 bits per heavy atom. The van der Waals surface area contributed by atoms with Crippen molar-refractivity contribution in [1.82, 2.24) is 0 Å². The molecule has 0 aromatic rings. The Morgan fingerprint density at radius 3 is 0.818 bits per heavy atom. The third kappa shape index (κ3) is 40.5. The van der Waals surface area contributed by atoms with E-state index < -0.39 is 0 Å². The largest absolute Gasteiger partial charge is 1.00 e. The average molecular weight is 183 g/mol. The zero-order valence-corrected chi connectivity index (χ0v) is 8.57. The molecule has 0 atom stereocenters. The fraction of sp³-hybridized carbons (Fsp3) is 0. The molecule has 0 saturated carbocycles. The van der Waals surface area contributed by atoms with Gasteiger partial charge in [-0.1, -0.05) is 0 Å². The number of ether oxygens (including phenoxy) is 2. The van der Waals surface area contributed by atoms with Crippen LogP contribution in [0.3, 0.4) is 0 Å². The van der Waals surface area contributed by atoms with Gasteiger partial charge < -0.3 is 28.7 Å². The van der Waals surface area contributed by atoms with Gasteiger partial charge in [0.05, 0.1) is 0 Å². The monoisotopic (exact) mass is 183 g/mol. The maximum absolute atomic E-state index is 8.80. The average Bonchev–Trinajstić information content (AvgIpc) is 1.93. The van der Waals surface area contributed by atoms with E-state index in [0.717, 1.165) is 25.9 Å². The second-order valence-electron chi connectivity index (χ2n) is 0.537. The molecule has 0 fully saturated rings. The van der Waals surface area contributed by atoms with Crippen molar-refractivity contribution in [2.75, 3.05) is 0 Å². The Balaban J connectivity index is -0.000000107. The molecule has 0 amide bonds. The quantitative estimate of drug-likeness (QED) is 0.247. The van der Waals surface area contributed by atoms with E-state index >= 15 is 0 Å². The van der Waals surface area contributed by atoms with Crippen molar-refractivity contribution in [2.24, 2.45) is 0 Å². The molecule has 0 bridgehead atoms. The fourth-order valence-corrected chi connectivity index (χ4v) is 0.0340. The predicted molar refractivity (Wildman–Crippen MR) is 24.9 cm³/mol. The van der Waals surface area contributed by atoms with Gasteiger partial charge in [-0.15, -0.1) is 25.9 Å². The molecule has 0 saturated heterocycles. The molecule has 56 valence electrons. The maximum Gasteiger partial charge on any atom is 1.00 e. The molecule has 0 heterocycles. The molecule has 0 aliphatic carbocycles. The van der Waals surface area contributed by atoms with Gasteiger partial charge in [-0.05, 0) is 0 Å². The Bertz CT molecular complexity index is 87.1. The molecule has 0 rings (SSSR count). The summed E-state index contributed by atoms with van der Waals surface area (Å²) >= 11 is 0. The molecule has 0 N–H and O–H groups in total. The van der Waals surface area contributed by atoms with Gasteiger partial charge in [-0.25, -0.2) is 0 Å². The van der Waals surface area contributed by atoms with E-state index in [1.165, 1.54) is 0 Å². The summed E-state index contributed by atoms with van der Waals surface area (Å²) in [6.45, 7) is 3.38. The van der Waals surface area contributed by atoms with Gasteiger partial charge in [0.25, 0.3) is 0 Å². The molecule has 0 aromatic carbocycles. The number of carbonyl (C=O) groups excluding carboxylic acids is 4. The van der Waals surface area contributed by atoms with Gasteiger partial charge in [-0.3, -0.25) is 0 Å². The summed E-state index contributed by atoms with van der Waals surface area (Å²) in [5.74, 6) is 0. The van der Waals surface area contributed by atoms with Crippen LogP contribution in [0.5, 0.6) is 0 Å². The summed E-state index contributed by atoms with van der Waals surface area (Å²) < 4.78 is 6.44. The molecule has 0 aliphatic heterocycles. The first-order valence-electron chi connectivity index (χ1n) is 1.63. The smallest absolute Gasteiger partial charge is 0.783 e. The Labute approximate surface area is 105 Å². The van der Waals surface area contributed by atoms with Gasteiger partial charge in [0, 0.05) is 0 Å². The summed E-state index contributed by atoms with van der Waals surface area (Å²) in [4.78, 5) is 35.2. The minimum absolute atomic E-state index is 0. The standard InChI is InChI=1S/2C2O3.K/c2*3-1-5-2-4;/q2*-2;+1. The van der Waals surface area contributed by atoms with Gasteiger partial charge in [-0.2, -0.15) is 0 Å². The zero-order chi connectivity index (χ0) is 8.24. The van der Waals surface area contributed by atoms with Crippen molar-refractivity contribution < 1.29 is 80.0 Å². The van der Waals surface area contributed by atoms with Crippen molar-refractivity contribution in [1.29, 1.82) is 0 Å². The van der Waals surface area contributed by atoms with Crippen LogP contribution in [0, 0.1) is 0 Å². The van der Waals surface area contributed by atoms with Crippen LogP contribution in [0.25, 0.3) is 0 Å². The summed E-state index contributed by atoms with van der Waals surface area (Å²) in [5, 5.41) is 0. The van der Waals surface area contributed by atoms with Gasteiger partial charge in [0.15, 0.2) is 0 Å². The van der Waals surface area contributed by atoms with Crippen molar-refractivity contribution in [3.8, 4) is 0 Å². The molecular formula is C4KO6-3. The number of rotatable bonds is 4. The van der Waals surface area contributed by atoms with E-state index in [1.54, 1.807) is 0 Å². The maximum atomic E-state index is 8.80. The summed E-state index contributed by atoms with van der Waals surface area (Å²) in [6, 6.07) is 0. The molecule has 6 nitrogen and oxygen atoms in total. The van der Waals surface area contributed by atoms with E-state index in [0.29, 0.717) is 0 Å². The third-order valence-electron chi connectivity index (χ3n) is 0.167. The summed E-state index contributed by atoms with van der Waals surface area (Å²) in [7, 11) is 0. The van der Waals surface area contributed by atoms with Crippen LogP contribution in [-0.4, -0.2) is 25.9 Å². The van der Waals surface area contributed by atoms with E-state index in [9.17, 15) is 0 Å². The molecule has 0 unspecified atom stereocenters. The Kier molecular flexibility index (Phi) is 35.1. The van der Waals surface area contributed by atoms with Crippen molar-refractivity contribution in [2.45, 2.75) is 0 Å². The zero-order valence-electron chi connectivity index (χ0n) is 5.45. The summed E-state index contributed by atoms with van der Waals surface area (Å²) in [5.41, 5.74) is 0. The van der Waals surface area contributed by atoms with E-state index in [-0.39, 0.29) is 51.4 Å². The fourth-order valence-electron chi connectivity index (χ4n) is 0.0340. The van der Waals surface area contributed by atoms with E-state index in [1.807, 2.05) is 0 Å². The molecule has 0 aliphatic rings. The van der Waals surface area contributed by atoms with Crippen LogP contribution in [-0.2, 0) is 28.7 Å². The van der Waals surface area contributed by atoms with E-state index in [2.05, 4.69) is 9.47 Å². The van der Waals surface area contributed by atoms with Crippen molar-refractivity contribution in [3.05, 3.63) is 0 Å². The second-order valence-corrected chi connectivity index (χ2v) is 0.537. The third-order valence-corrected chi connectivity index (χ3v) is 0.167. The van der Waals surface area contributed by atoms with Gasteiger partial charge >= 0.3 is 51.4 Å². The molecular weight excluding hydrogens is 183 g/mol. The number of hydrogen-bond donors (Lipinski definition) is 0. The molecule has 0 aromatic heterocycles. The predicted octanol–water partition coefficient (Wildman–Crippen LogP) is -4.72. The molecule has 0 radical (unpaired) electrons. The first-order valence-corrected chi connectivity index (χ1v) is 1.63.